The Morgan fingerprint density at radius 3 is 2.44 bits per heavy atom. The van der Waals surface area contributed by atoms with E-state index in [1.807, 2.05) is 26.0 Å². The summed E-state index contributed by atoms with van der Waals surface area (Å²) in [5.74, 6) is 1.39. The lowest BCUT2D eigenvalue weighted by Crippen LogP contribution is -2.01. The summed E-state index contributed by atoms with van der Waals surface area (Å²) in [4.78, 5) is 4.27. The zero-order chi connectivity index (χ0) is 12.1. The molecule has 4 heteroatoms. The van der Waals surface area contributed by atoms with Gasteiger partial charge in [0.15, 0.2) is 0 Å². The molecule has 88 valence electrons. The molecule has 0 aliphatic carbocycles. The summed E-state index contributed by atoms with van der Waals surface area (Å²) >= 11 is 6.11. The van der Waals surface area contributed by atoms with Gasteiger partial charge in [0.25, 0.3) is 0 Å². The van der Waals surface area contributed by atoms with Crippen LogP contribution in [0.2, 0.25) is 0 Å². The van der Waals surface area contributed by atoms with Crippen LogP contribution in [0, 0.1) is 0 Å². The predicted octanol–water partition coefficient (Wildman–Crippen LogP) is 3.10. The van der Waals surface area contributed by atoms with Gasteiger partial charge in [-0.1, -0.05) is 11.6 Å². The molecule has 0 aliphatic heterocycles. The number of aliphatic imine (C=N–C) groups is 1. The minimum atomic E-state index is 0.152. The van der Waals surface area contributed by atoms with E-state index in [2.05, 4.69) is 4.99 Å². The standard InChI is InChI=1S/C12H16ClNO2/c1-8(2)14-12(13)10-6-5-9(15-3)7-11(10)16-4/h5-8H,1-4H3/b14-12-. The fourth-order valence-corrected chi connectivity index (χ4v) is 1.62. The van der Waals surface area contributed by atoms with Crippen LogP contribution in [0.5, 0.6) is 11.5 Å². The number of rotatable bonds is 4. The molecule has 0 bridgehead atoms. The molecule has 0 saturated heterocycles. The van der Waals surface area contributed by atoms with Crippen LogP contribution in [-0.4, -0.2) is 25.4 Å². The molecule has 0 atom stereocenters. The summed E-state index contributed by atoms with van der Waals surface area (Å²) < 4.78 is 10.4. The summed E-state index contributed by atoms with van der Waals surface area (Å²) in [6, 6.07) is 5.61. The monoisotopic (exact) mass is 241 g/mol. The zero-order valence-electron chi connectivity index (χ0n) is 9.95. The van der Waals surface area contributed by atoms with Crippen molar-refractivity contribution in [3.05, 3.63) is 23.8 Å². The van der Waals surface area contributed by atoms with Crippen LogP contribution >= 0.6 is 11.6 Å². The molecule has 0 fully saturated rings. The van der Waals surface area contributed by atoms with Gasteiger partial charge in [0.05, 0.1) is 19.8 Å². The predicted molar refractivity (Wildman–Crippen MR) is 67.1 cm³/mol. The van der Waals surface area contributed by atoms with Crippen molar-refractivity contribution in [2.45, 2.75) is 19.9 Å². The van der Waals surface area contributed by atoms with Crippen LogP contribution < -0.4 is 9.47 Å². The van der Waals surface area contributed by atoms with E-state index in [9.17, 15) is 0 Å². The molecular formula is C12H16ClNO2. The first-order valence-electron chi connectivity index (χ1n) is 5.04. The van der Waals surface area contributed by atoms with E-state index in [0.717, 1.165) is 11.3 Å². The topological polar surface area (TPSA) is 30.8 Å². The molecule has 0 N–H and O–H groups in total. The van der Waals surface area contributed by atoms with Gasteiger partial charge in [-0.3, -0.25) is 4.99 Å². The summed E-state index contributed by atoms with van der Waals surface area (Å²) in [5, 5.41) is 0.453. The quantitative estimate of drug-likeness (QED) is 0.759. The van der Waals surface area contributed by atoms with Gasteiger partial charge in [-0.05, 0) is 26.0 Å². The van der Waals surface area contributed by atoms with Gasteiger partial charge in [0.1, 0.15) is 16.7 Å². The fourth-order valence-electron chi connectivity index (χ4n) is 1.27. The molecule has 0 spiro atoms. The van der Waals surface area contributed by atoms with Crippen LogP contribution in [-0.2, 0) is 0 Å². The first-order chi connectivity index (χ1) is 7.58. The minimum absolute atomic E-state index is 0.152. The van der Waals surface area contributed by atoms with E-state index in [-0.39, 0.29) is 6.04 Å². The van der Waals surface area contributed by atoms with E-state index in [4.69, 9.17) is 21.1 Å². The number of halogens is 1. The molecular weight excluding hydrogens is 226 g/mol. The van der Waals surface area contributed by atoms with Gasteiger partial charge in [-0.15, -0.1) is 0 Å². The first-order valence-corrected chi connectivity index (χ1v) is 5.42. The molecule has 16 heavy (non-hydrogen) atoms. The third-order valence-corrected chi connectivity index (χ3v) is 2.30. The Morgan fingerprint density at radius 2 is 1.94 bits per heavy atom. The van der Waals surface area contributed by atoms with Crippen LogP contribution in [0.15, 0.2) is 23.2 Å². The van der Waals surface area contributed by atoms with Crippen molar-refractivity contribution in [1.29, 1.82) is 0 Å². The maximum absolute atomic E-state index is 6.11. The van der Waals surface area contributed by atoms with Crippen molar-refractivity contribution in [3.63, 3.8) is 0 Å². The number of nitrogens with zero attached hydrogens (tertiary/aromatic N) is 1. The molecule has 0 aliphatic rings. The molecule has 1 rings (SSSR count). The Balaban J connectivity index is 3.13. The van der Waals surface area contributed by atoms with Crippen molar-refractivity contribution in [2.24, 2.45) is 4.99 Å². The molecule has 0 unspecified atom stereocenters. The lowest BCUT2D eigenvalue weighted by Gasteiger charge is -2.09. The Kier molecular flexibility index (Phi) is 4.62. The van der Waals surface area contributed by atoms with Crippen molar-refractivity contribution in [1.82, 2.24) is 0 Å². The highest BCUT2D eigenvalue weighted by Gasteiger charge is 2.09. The van der Waals surface area contributed by atoms with E-state index < -0.39 is 0 Å². The molecule has 0 aromatic heterocycles. The van der Waals surface area contributed by atoms with Gasteiger partial charge in [0.2, 0.25) is 0 Å². The Bertz CT molecular complexity index is 389. The van der Waals surface area contributed by atoms with E-state index in [1.54, 1.807) is 20.3 Å². The zero-order valence-corrected chi connectivity index (χ0v) is 10.7. The van der Waals surface area contributed by atoms with E-state index in [0.29, 0.717) is 10.9 Å². The minimum Gasteiger partial charge on any atom is -0.497 e. The molecule has 1 aromatic carbocycles. The maximum atomic E-state index is 6.11. The van der Waals surface area contributed by atoms with Crippen LogP contribution in [0.3, 0.4) is 0 Å². The molecule has 0 heterocycles. The van der Waals surface area contributed by atoms with Gasteiger partial charge in [-0.25, -0.2) is 0 Å². The summed E-state index contributed by atoms with van der Waals surface area (Å²) in [7, 11) is 3.20. The molecule has 1 aromatic rings. The molecule has 3 nitrogen and oxygen atoms in total. The molecule has 0 saturated carbocycles. The van der Waals surface area contributed by atoms with Crippen LogP contribution in [0.25, 0.3) is 0 Å². The highest BCUT2D eigenvalue weighted by atomic mass is 35.5. The summed E-state index contributed by atoms with van der Waals surface area (Å²) in [6.07, 6.45) is 0. The van der Waals surface area contributed by atoms with E-state index in [1.165, 1.54) is 0 Å². The largest absolute Gasteiger partial charge is 0.497 e. The Hall–Kier alpha value is -1.22. The van der Waals surface area contributed by atoms with Crippen LogP contribution in [0.1, 0.15) is 19.4 Å². The van der Waals surface area contributed by atoms with Crippen molar-refractivity contribution >= 4 is 16.8 Å². The number of benzene rings is 1. The average Bonchev–Trinajstić information content (AvgIpc) is 2.27. The van der Waals surface area contributed by atoms with Crippen molar-refractivity contribution in [3.8, 4) is 11.5 Å². The number of methoxy groups -OCH3 is 2. The summed E-state index contributed by atoms with van der Waals surface area (Å²) in [5.41, 5.74) is 0.777. The maximum Gasteiger partial charge on any atom is 0.134 e. The SMILES string of the molecule is COc1ccc(/C(Cl)=N/C(C)C)c(OC)c1. The van der Waals surface area contributed by atoms with Gasteiger partial charge < -0.3 is 9.47 Å². The summed E-state index contributed by atoms with van der Waals surface area (Å²) in [6.45, 7) is 3.94. The van der Waals surface area contributed by atoms with Crippen molar-refractivity contribution < 1.29 is 9.47 Å². The Morgan fingerprint density at radius 1 is 1.25 bits per heavy atom. The number of ether oxygens (including phenoxy) is 2. The second kappa shape index (κ2) is 5.75. The van der Waals surface area contributed by atoms with Crippen LogP contribution in [0.4, 0.5) is 0 Å². The second-order valence-corrected chi connectivity index (χ2v) is 3.94. The fraction of sp³-hybridized carbons (Fsp3) is 0.417. The third-order valence-electron chi connectivity index (χ3n) is 2.00. The van der Waals surface area contributed by atoms with Gasteiger partial charge >= 0.3 is 0 Å². The number of hydrogen-bond donors (Lipinski definition) is 0. The first kappa shape index (κ1) is 12.8. The lowest BCUT2D eigenvalue weighted by atomic mass is 10.2. The second-order valence-electron chi connectivity index (χ2n) is 3.58. The molecule has 0 radical (unpaired) electrons. The van der Waals surface area contributed by atoms with Crippen molar-refractivity contribution in [2.75, 3.05) is 14.2 Å². The highest BCUT2D eigenvalue weighted by molar-refractivity contribution is 6.69. The lowest BCUT2D eigenvalue weighted by molar-refractivity contribution is 0.394. The highest BCUT2D eigenvalue weighted by Crippen LogP contribution is 2.26. The third kappa shape index (κ3) is 3.14. The normalized spacial score (nSPS) is 11.8. The van der Waals surface area contributed by atoms with Gasteiger partial charge in [-0.2, -0.15) is 0 Å². The average molecular weight is 242 g/mol. The molecule has 0 amide bonds. The van der Waals surface area contributed by atoms with E-state index >= 15 is 0 Å². The smallest absolute Gasteiger partial charge is 0.134 e. The number of hydrogen-bond acceptors (Lipinski definition) is 3. The Labute approximate surface area is 101 Å². The van der Waals surface area contributed by atoms with Gasteiger partial charge in [0, 0.05) is 12.1 Å².